The minimum Gasteiger partial charge on any atom is -0.434 e. The number of hydrogen-bond acceptors (Lipinski definition) is 3. The van der Waals surface area contributed by atoms with Gasteiger partial charge in [0.25, 0.3) is 0 Å². The largest absolute Gasteiger partial charge is 0.434 e. The van der Waals surface area contributed by atoms with Crippen LogP contribution in [0.2, 0.25) is 0 Å². The van der Waals surface area contributed by atoms with E-state index in [0.717, 1.165) is 16.8 Å². The molecule has 0 fully saturated rings. The molecule has 0 radical (unpaired) electrons. The van der Waals surface area contributed by atoms with E-state index in [-0.39, 0.29) is 5.76 Å². The van der Waals surface area contributed by atoms with Crippen molar-refractivity contribution in [1.82, 2.24) is 0 Å². The second kappa shape index (κ2) is 7.99. The van der Waals surface area contributed by atoms with Crippen LogP contribution in [0.4, 0.5) is 14.5 Å². The molecule has 0 bridgehead atoms. The smallest absolute Gasteiger partial charge is 0.387 e. The van der Waals surface area contributed by atoms with Gasteiger partial charge in [-0.1, -0.05) is 25.3 Å². The van der Waals surface area contributed by atoms with Gasteiger partial charge in [-0.05, 0) is 37.8 Å². The van der Waals surface area contributed by atoms with Gasteiger partial charge in [0, 0.05) is 11.3 Å². The zero-order chi connectivity index (χ0) is 15.8. The average Bonchev–Trinajstić information content (AvgIpc) is 2.45. The molecule has 0 spiro atoms. The molecule has 1 aromatic carbocycles. The summed E-state index contributed by atoms with van der Waals surface area (Å²) >= 11 is 0. The molecule has 21 heavy (non-hydrogen) atoms. The van der Waals surface area contributed by atoms with Crippen molar-refractivity contribution in [2.75, 3.05) is 5.32 Å². The number of aliphatic imine (C=N–C) groups is 1. The van der Waals surface area contributed by atoms with Crippen molar-refractivity contribution in [2.24, 2.45) is 4.99 Å². The Morgan fingerprint density at radius 1 is 1.43 bits per heavy atom. The molecule has 0 aliphatic rings. The SMILES string of the molecule is C=CNc1cc(C(=C)N=C/C(=C\C)OC(F)F)ccc1C. The van der Waals surface area contributed by atoms with Crippen molar-refractivity contribution in [3.05, 3.63) is 60.5 Å². The number of anilines is 1. The monoisotopic (exact) mass is 292 g/mol. The van der Waals surface area contributed by atoms with Crippen molar-refractivity contribution < 1.29 is 13.5 Å². The van der Waals surface area contributed by atoms with Crippen LogP contribution in [-0.4, -0.2) is 12.8 Å². The molecule has 0 saturated carbocycles. The van der Waals surface area contributed by atoms with Gasteiger partial charge in [-0.25, -0.2) is 0 Å². The molecular formula is C16H18F2N2O. The second-order valence-electron chi connectivity index (χ2n) is 4.15. The van der Waals surface area contributed by atoms with Crippen LogP contribution in [0.25, 0.3) is 5.70 Å². The molecule has 0 saturated heterocycles. The third-order valence-corrected chi connectivity index (χ3v) is 2.69. The van der Waals surface area contributed by atoms with Gasteiger partial charge >= 0.3 is 6.61 Å². The van der Waals surface area contributed by atoms with Gasteiger partial charge in [-0.3, -0.25) is 4.99 Å². The maximum Gasteiger partial charge on any atom is 0.387 e. The summed E-state index contributed by atoms with van der Waals surface area (Å²) in [6, 6.07) is 5.63. The molecule has 0 heterocycles. The molecule has 5 heteroatoms. The number of aryl methyl sites for hydroxylation is 1. The summed E-state index contributed by atoms with van der Waals surface area (Å²) in [5.74, 6) is -0.0114. The molecule has 0 aliphatic carbocycles. The Balaban J connectivity index is 2.89. The Morgan fingerprint density at radius 2 is 2.14 bits per heavy atom. The number of allylic oxidation sites excluding steroid dienone is 2. The molecule has 0 amide bonds. The van der Waals surface area contributed by atoms with Gasteiger partial charge in [0.05, 0.1) is 11.9 Å². The molecule has 1 rings (SSSR count). The fourth-order valence-corrected chi connectivity index (χ4v) is 1.56. The summed E-state index contributed by atoms with van der Waals surface area (Å²) in [4.78, 5) is 4.05. The highest BCUT2D eigenvalue weighted by Crippen LogP contribution is 2.22. The maximum absolute atomic E-state index is 12.1. The van der Waals surface area contributed by atoms with Crippen LogP contribution < -0.4 is 5.32 Å². The van der Waals surface area contributed by atoms with Gasteiger partial charge in [0.15, 0.2) is 0 Å². The van der Waals surface area contributed by atoms with Gasteiger partial charge in [0.1, 0.15) is 5.76 Å². The summed E-state index contributed by atoms with van der Waals surface area (Å²) in [5, 5.41) is 3.01. The predicted octanol–water partition coefficient (Wildman–Crippen LogP) is 4.73. The second-order valence-corrected chi connectivity index (χ2v) is 4.15. The van der Waals surface area contributed by atoms with E-state index in [9.17, 15) is 8.78 Å². The first-order valence-electron chi connectivity index (χ1n) is 6.30. The van der Waals surface area contributed by atoms with Crippen LogP contribution in [0.1, 0.15) is 18.1 Å². The lowest BCUT2D eigenvalue weighted by atomic mass is 10.1. The molecular weight excluding hydrogens is 274 g/mol. The maximum atomic E-state index is 12.1. The Bertz CT molecular complexity index is 578. The van der Waals surface area contributed by atoms with E-state index in [0.29, 0.717) is 5.70 Å². The van der Waals surface area contributed by atoms with E-state index in [2.05, 4.69) is 28.2 Å². The first kappa shape index (κ1) is 16.6. The number of ether oxygens (including phenoxy) is 1. The van der Waals surface area contributed by atoms with E-state index < -0.39 is 6.61 Å². The van der Waals surface area contributed by atoms with Crippen LogP contribution in [0, 0.1) is 6.92 Å². The first-order valence-corrected chi connectivity index (χ1v) is 6.30. The number of nitrogens with one attached hydrogen (secondary N) is 1. The summed E-state index contributed by atoms with van der Waals surface area (Å²) in [6.45, 7) is 8.10. The molecule has 1 aromatic rings. The van der Waals surface area contributed by atoms with Crippen molar-refractivity contribution in [3.8, 4) is 0 Å². The number of alkyl halides is 2. The highest BCUT2D eigenvalue weighted by atomic mass is 19.3. The molecule has 112 valence electrons. The number of benzene rings is 1. The van der Waals surface area contributed by atoms with E-state index in [1.807, 2.05) is 25.1 Å². The molecule has 1 N–H and O–H groups in total. The van der Waals surface area contributed by atoms with E-state index in [4.69, 9.17) is 0 Å². The van der Waals surface area contributed by atoms with Gasteiger partial charge in [-0.2, -0.15) is 8.78 Å². The molecule has 0 aromatic heterocycles. The Morgan fingerprint density at radius 3 is 2.71 bits per heavy atom. The zero-order valence-electron chi connectivity index (χ0n) is 12.1. The van der Waals surface area contributed by atoms with Crippen molar-refractivity contribution >= 4 is 17.6 Å². The standard InChI is InChI=1S/C16H18F2N2O/c1-5-14(21-16(17)18)10-20-12(4)13-8-7-11(3)15(9-13)19-6-2/h5-10,16,19H,2,4H2,1,3H3/b14-5+,20-10?. The first-order chi connectivity index (χ1) is 9.97. The van der Waals surface area contributed by atoms with E-state index >= 15 is 0 Å². The Hall–Kier alpha value is -2.43. The predicted molar refractivity (Wildman–Crippen MR) is 83.4 cm³/mol. The van der Waals surface area contributed by atoms with Crippen molar-refractivity contribution in [3.63, 3.8) is 0 Å². The van der Waals surface area contributed by atoms with Crippen LogP contribution >= 0.6 is 0 Å². The van der Waals surface area contributed by atoms with E-state index in [1.165, 1.54) is 12.3 Å². The van der Waals surface area contributed by atoms with Crippen LogP contribution in [0.15, 0.2) is 54.4 Å². The molecule has 3 nitrogen and oxygen atoms in total. The van der Waals surface area contributed by atoms with Crippen molar-refractivity contribution in [2.45, 2.75) is 20.5 Å². The van der Waals surface area contributed by atoms with E-state index in [1.54, 1.807) is 13.1 Å². The minimum absolute atomic E-state index is 0.0114. The summed E-state index contributed by atoms with van der Waals surface area (Å²) < 4.78 is 28.6. The summed E-state index contributed by atoms with van der Waals surface area (Å²) in [5.41, 5.74) is 3.15. The van der Waals surface area contributed by atoms with Gasteiger partial charge < -0.3 is 10.1 Å². The highest BCUT2D eigenvalue weighted by molar-refractivity contribution is 5.83. The average molecular weight is 292 g/mol. The Labute approximate surface area is 123 Å². The zero-order valence-corrected chi connectivity index (χ0v) is 12.1. The van der Waals surface area contributed by atoms with Crippen LogP contribution in [0.3, 0.4) is 0 Å². The lowest BCUT2D eigenvalue weighted by molar-refractivity contribution is -0.0893. The summed E-state index contributed by atoms with van der Waals surface area (Å²) in [6.07, 6.45) is 4.20. The Kier molecular flexibility index (Phi) is 6.33. The highest BCUT2D eigenvalue weighted by Gasteiger charge is 2.05. The number of rotatable bonds is 7. The quantitative estimate of drug-likeness (QED) is 0.582. The van der Waals surface area contributed by atoms with Crippen molar-refractivity contribution in [1.29, 1.82) is 0 Å². The minimum atomic E-state index is -2.88. The number of halogens is 2. The number of nitrogens with zero attached hydrogens (tertiary/aromatic N) is 1. The number of hydrogen-bond donors (Lipinski definition) is 1. The lowest BCUT2D eigenvalue weighted by Gasteiger charge is -2.09. The summed E-state index contributed by atoms with van der Waals surface area (Å²) in [7, 11) is 0. The lowest BCUT2D eigenvalue weighted by Crippen LogP contribution is -2.00. The van der Waals surface area contributed by atoms with Crippen LogP contribution in [-0.2, 0) is 4.74 Å². The normalized spacial score (nSPS) is 11.8. The third kappa shape index (κ3) is 5.22. The fraction of sp³-hybridized carbons (Fsp3) is 0.188. The third-order valence-electron chi connectivity index (χ3n) is 2.69. The van der Waals surface area contributed by atoms with Crippen LogP contribution in [0.5, 0.6) is 0 Å². The van der Waals surface area contributed by atoms with Gasteiger partial charge in [0.2, 0.25) is 0 Å². The molecule has 0 unspecified atom stereocenters. The molecule has 0 aliphatic heterocycles. The fourth-order valence-electron chi connectivity index (χ4n) is 1.56. The van der Waals surface area contributed by atoms with Gasteiger partial charge in [-0.15, -0.1) is 0 Å². The topological polar surface area (TPSA) is 33.6 Å². The molecule has 0 atom stereocenters.